The first-order valence-corrected chi connectivity index (χ1v) is 14.5. The van der Waals surface area contributed by atoms with Gasteiger partial charge in [-0.25, -0.2) is 4.98 Å². The standard InChI is InChI=1S/C40H28N2/c1-2-8-27(9-3-1)33-21-22-36-37(26-38(42-39(36)25-33)34-20-15-28-10-4-5-11-32(28)24-34)30-18-16-29(17-19-30)35-14-6-12-31-13-7-23-41-40(31)35/h1-3,5-9,11-26H,4,10H2. The molecular weight excluding hydrogens is 508 g/mol. The van der Waals surface area contributed by atoms with Gasteiger partial charge in [0.05, 0.1) is 16.7 Å². The molecule has 0 amide bonds. The molecule has 0 radical (unpaired) electrons. The number of benzene rings is 5. The third kappa shape index (κ3) is 4.38. The second-order valence-corrected chi connectivity index (χ2v) is 11.0. The Hall–Kier alpha value is -5.34. The lowest BCUT2D eigenvalue weighted by molar-refractivity contribution is 0.986. The van der Waals surface area contributed by atoms with Crippen LogP contribution in [0.15, 0.2) is 140 Å². The van der Waals surface area contributed by atoms with Crippen molar-refractivity contribution in [3.05, 3.63) is 151 Å². The molecule has 198 valence electrons. The van der Waals surface area contributed by atoms with Crippen LogP contribution in [0.1, 0.15) is 17.5 Å². The molecule has 8 rings (SSSR count). The van der Waals surface area contributed by atoms with Crippen molar-refractivity contribution in [1.82, 2.24) is 9.97 Å². The maximum Gasteiger partial charge on any atom is 0.0780 e. The van der Waals surface area contributed by atoms with Crippen molar-refractivity contribution >= 4 is 27.9 Å². The Balaban J connectivity index is 1.28. The number of aromatic nitrogens is 2. The van der Waals surface area contributed by atoms with Crippen molar-refractivity contribution in [2.24, 2.45) is 0 Å². The Morgan fingerprint density at radius 2 is 1.33 bits per heavy atom. The largest absolute Gasteiger partial charge is 0.256 e. The quantitative estimate of drug-likeness (QED) is 0.224. The first-order chi connectivity index (χ1) is 20.8. The minimum Gasteiger partial charge on any atom is -0.256 e. The highest BCUT2D eigenvalue weighted by atomic mass is 14.7. The number of fused-ring (bicyclic) bond motifs is 3. The Morgan fingerprint density at radius 3 is 2.21 bits per heavy atom. The summed E-state index contributed by atoms with van der Waals surface area (Å²) in [6.45, 7) is 0. The van der Waals surface area contributed by atoms with Crippen molar-refractivity contribution in [2.75, 3.05) is 0 Å². The highest BCUT2D eigenvalue weighted by Crippen LogP contribution is 2.37. The van der Waals surface area contributed by atoms with Crippen molar-refractivity contribution in [3.8, 4) is 44.6 Å². The van der Waals surface area contributed by atoms with E-state index >= 15 is 0 Å². The summed E-state index contributed by atoms with van der Waals surface area (Å²) in [7, 11) is 0. The number of hydrogen-bond acceptors (Lipinski definition) is 2. The Bertz CT molecular complexity index is 2120. The van der Waals surface area contributed by atoms with Crippen LogP contribution in [0.25, 0.3) is 72.5 Å². The smallest absolute Gasteiger partial charge is 0.0780 e. The fourth-order valence-corrected chi connectivity index (χ4v) is 6.18. The van der Waals surface area contributed by atoms with Crippen LogP contribution in [0.5, 0.6) is 0 Å². The number of pyridine rings is 2. The van der Waals surface area contributed by atoms with Gasteiger partial charge in [0.1, 0.15) is 0 Å². The molecule has 2 heterocycles. The normalized spacial score (nSPS) is 12.5. The van der Waals surface area contributed by atoms with E-state index in [2.05, 4.69) is 138 Å². The monoisotopic (exact) mass is 536 g/mol. The third-order valence-corrected chi connectivity index (χ3v) is 8.38. The van der Waals surface area contributed by atoms with Crippen LogP contribution in [0, 0.1) is 0 Å². The highest BCUT2D eigenvalue weighted by molar-refractivity contribution is 5.99. The average Bonchev–Trinajstić information content (AvgIpc) is 3.07. The molecule has 2 nitrogen and oxygen atoms in total. The van der Waals surface area contributed by atoms with Crippen molar-refractivity contribution in [1.29, 1.82) is 0 Å². The average molecular weight is 537 g/mol. The highest BCUT2D eigenvalue weighted by Gasteiger charge is 2.14. The first-order valence-electron chi connectivity index (χ1n) is 14.5. The van der Waals surface area contributed by atoms with E-state index in [1.165, 1.54) is 33.4 Å². The molecule has 0 saturated carbocycles. The molecule has 0 N–H and O–H groups in total. The molecular formula is C40H28N2. The van der Waals surface area contributed by atoms with Gasteiger partial charge in [-0.15, -0.1) is 0 Å². The maximum absolute atomic E-state index is 5.23. The third-order valence-electron chi connectivity index (χ3n) is 8.38. The summed E-state index contributed by atoms with van der Waals surface area (Å²) >= 11 is 0. The Kier molecular flexibility index (Phi) is 5.97. The van der Waals surface area contributed by atoms with Crippen LogP contribution >= 0.6 is 0 Å². The second-order valence-electron chi connectivity index (χ2n) is 11.0. The lowest BCUT2D eigenvalue weighted by atomic mass is 9.92. The molecule has 0 atom stereocenters. The summed E-state index contributed by atoms with van der Waals surface area (Å²) in [4.78, 5) is 9.91. The van der Waals surface area contributed by atoms with Crippen LogP contribution in [0.3, 0.4) is 0 Å². The van der Waals surface area contributed by atoms with Crippen LogP contribution in [0.2, 0.25) is 0 Å². The van der Waals surface area contributed by atoms with E-state index in [4.69, 9.17) is 4.98 Å². The molecule has 0 fully saturated rings. The molecule has 42 heavy (non-hydrogen) atoms. The molecule has 0 saturated heterocycles. The molecule has 7 aromatic rings. The van der Waals surface area contributed by atoms with Crippen LogP contribution < -0.4 is 0 Å². The summed E-state index contributed by atoms with van der Waals surface area (Å²) < 4.78 is 0. The maximum atomic E-state index is 5.23. The number of allylic oxidation sites excluding steroid dienone is 1. The lowest BCUT2D eigenvalue weighted by Crippen LogP contribution is -1.96. The van der Waals surface area contributed by atoms with Gasteiger partial charge in [0.25, 0.3) is 0 Å². The van der Waals surface area contributed by atoms with Crippen molar-refractivity contribution in [2.45, 2.75) is 12.8 Å². The van der Waals surface area contributed by atoms with E-state index < -0.39 is 0 Å². The first kappa shape index (κ1) is 24.5. The second kappa shape index (κ2) is 10.2. The SMILES string of the molecule is C1=Cc2cc(-c3cc(-c4ccc(-c5cccc6cccnc56)cc4)c4ccc(-c5ccccc5)cc4n3)ccc2CC1. The molecule has 0 unspecified atom stereocenters. The topological polar surface area (TPSA) is 25.8 Å². The van der Waals surface area contributed by atoms with E-state index in [0.29, 0.717) is 0 Å². The number of para-hydroxylation sites is 1. The molecule has 5 aromatic carbocycles. The molecule has 2 aromatic heterocycles. The zero-order chi connectivity index (χ0) is 27.9. The van der Waals surface area contributed by atoms with E-state index in [1.807, 2.05) is 12.3 Å². The van der Waals surface area contributed by atoms with Gasteiger partial charge in [-0.2, -0.15) is 0 Å². The van der Waals surface area contributed by atoms with Gasteiger partial charge in [-0.1, -0.05) is 115 Å². The summed E-state index contributed by atoms with van der Waals surface area (Å²) in [5.74, 6) is 0. The number of aryl methyl sites for hydroxylation is 1. The summed E-state index contributed by atoms with van der Waals surface area (Å²) in [5.41, 5.74) is 13.9. The Morgan fingerprint density at radius 1 is 0.548 bits per heavy atom. The van der Waals surface area contributed by atoms with E-state index in [-0.39, 0.29) is 0 Å². The van der Waals surface area contributed by atoms with Gasteiger partial charge < -0.3 is 0 Å². The number of nitrogens with zero attached hydrogens (tertiary/aromatic N) is 2. The fourth-order valence-electron chi connectivity index (χ4n) is 6.18. The van der Waals surface area contributed by atoms with E-state index in [9.17, 15) is 0 Å². The van der Waals surface area contributed by atoms with Crippen molar-refractivity contribution < 1.29 is 0 Å². The van der Waals surface area contributed by atoms with Gasteiger partial charge in [0, 0.05) is 28.1 Å². The molecule has 1 aliphatic rings. The molecule has 1 aliphatic carbocycles. The minimum atomic E-state index is 0.992. The molecule has 0 bridgehead atoms. The lowest BCUT2D eigenvalue weighted by Gasteiger charge is -2.15. The van der Waals surface area contributed by atoms with Gasteiger partial charge in [-0.05, 0) is 76.1 Å². The summed E-state index contributed by atoms with van der Waals surface area (Å²) in [6.07, 6.45) is 8.59. The van der Waals surface area contributed by atoms with Crippen LogP contribution in [0.4, 0.5) is 0 Å². The van der Waals surface area contributed by atoms with Crippen LogP contribution in [-0.2, 0) is 6.42 Å². The number of hydrogen-bond donors (Lipinski definition) is 0. The Labute approximate surface area is 245 Å². The summed E-state index contributed by atoms with van der Waals surface area (Å²) in [6, 6.07) is 45.6. The van der Waals surface area contributed by atoms with E-state index in [1.54, 1.807) is 0 Å². The predicted octanol–water partition coefficient (Wildman–Crippen LogP) is 10.4. The van der Waals surface area contributed by atoms with E-state index in [0.717, 1.165) is 57.0 Å². The molecule has 0 aliphatic heterocycles. The van der Waals surface area contributed by atoms with Gasteiger partial charge in [0.15, 0.2) is 0 Å². The molecule has 2 heteroatoms. The van der Waals surface area contributed by atoms with Gasteiger partial charge in [-0.3, -0.25) is 4.98 Å². The number of rotatable bonds is 4. The predicted molar refractivity (Wildman–Crippen MR) is 176 cm³/mol. The fraction of sp³-hybridized carbons (Fsp3) is 0.0500. The zero-order valence-corrected chi connectivity index (χ0v) is 23.2. The van der Waals surface area contributed by atoms with Crippen LogP contribution in [-0.4, -0.2) is 9.97 Å². The summed E-state index contributed by atoms with van der Waals surface area (Å²) in [5, 5.41) is 2.30. The van der Waals surface area contributed by atoms with Gasteiger partial charge >= 0.3 is 0 Å². The zero-order valence-electron chi connectivity index (χ0n) is 23.2. The van der Waals surface area contributed by atoms with Crippen molar-refractivity contribution in [3.63, 3.8) is 0 Å². The van der Waals surface area contributed by atoms with Gasteiger partial charge in [0.2, 0.25) is 0 Å². The molecule has 0 spiro atoms. The minimum absolute atomic E-state index is 0.992.